The lowest BCUT2D eigenvalue weighted by molar-refractivity contribution is 0.0813. The molecule has 0 saturated carbocycles. The molecule has 208 valence electrons. The molecule has 3 aromatic carbocycles. The van der Waals surface area contributed by atoms with Gasteiger partial charge in [-0.1, -0.05) is 24.3 Å². The van der Waals surface area contributed by atoms with Gasteiger partial charge in [0.2, 0.25) is 0 Å². The van der Waals surface area contributed by atoms with E-state index in [-0.39, 0.29) is 30.4 Å². The van der Waals surface area contributed by atoms with Gasteiger partial charge in [0.05, 0.1) is 18.4 Å². The number of nitrogens with one attached hydrogen (secondary N) is 1. The van der Waals surface area contributed by atoms with Crippen LogP contribution in [0.3, 0.4) is 0 Å². The predicted octanol–water partition coefficient (Wildman–Crippen LogP) is 4.04. The van der Waals surface area contributed by atoms with Gasteiger partial charge in [-0.3, -0.25) is 14.1 Å². The largest absolute Gasteiger partial charge is 0.497 e. The van der Waals surface area contributed by atoms with Gasteiger partial charge in [-0.25, -0.2) is 9.11 Å². The van der Waals surface area contributed by atoms with Crippen molar-refractivity contribution in [2.24, 2.45) is 0 Å². The third-order valence-corrected chi connectivity index (χ3v) is 8.40. The van der Waals surface area contributed by atoms with Crippen LogP contribution in [0.4, 0.5) is 10.1 Å². The molecule has 0 atom stereocenters. The quantitative estimate of drug-likeness (QED) is 0.329. The number of carbonyl (C=O) groups excluding carboxylic acids is 1. The van der Waals surface area contributed by atoms with Crippen LogP contribution in [-0.2, 0) is 29.8 Å². The lowest BCUT2D eigenvalue weighted by Crippen LogP contribution is -2.36. The molecule has 4 aromatic rings. The highest BCUT2D eigenvalue weighted by Crippen LogP contribution is 2.45. The monoisotopic (exact) mass is 564 g/mol. The number of fused-ring (bicyclic) bond motifs is 2. The third-order valence-electron chi connectivity index (χ3n) is 6.98. The Hall–Kier alpha value is -4.22. The second-order valence-corrected chi connectivity index (χ2v) is 11.5. The zero-order valence-corrected chi connectivity index (χ0v) is 23.4. The Morgan fingerprint density at radius 1 is 1.07 bits per heavy atom. The summed E-state index contributed by atoms with van der Waals surface area (Å²) in [7, 11) is 2.09. The third kappa shape index (κ3) is 5.05. The minimum Gasteiger partial charge on any atom is -0.497 e. The standard InChI is InChI=1S/C29H29FN4O5S/c1-31-40(36,37)34(3)27-23-14-20(13-18-5-9-21(30)10-6-18)15-32-26(23)28(25-24(27)16-33(2)29(25)35)39-17-19-7-11-22(38-4)12-8-19/h5-12,14-15,31H,13,16-17H2,1-4H3. The molecule has 1 aromatic heterocycles. The van der Waals surface area contributed by atoms with Crippen molar-refractivity contribution < 1.29 is 27.1 Å². The van der Waals surface area contributed by atoms with E-state index >= 15 is 0 Å². The summed E-state index contributed by atoms with van der Waals surface area (Å²) in [4.78, 5) is 19.6. The van der Waals surface area contributed by atoms with Crippen LogP contribution < -0.4 is 18.5 Å². The van der Waals surface area contributed by atoms with Gasteiger partial charge >= 0.3 is 10.2 Å². The number of carbonyl (C=O) groups is 1. The number of methoxy groups -OCH3 is 1. The topological polar surface area (TPSA) is 101 Å². The van der Waals surface area contributed by atoms with E-state index in [1.165, 1.54) is 31.1 Å². The maximum atomic E-state index is 13.5. The molecule has 1 aliphatic heterocycles. The second kappa shape index (κ2) is 10.7. The van der Waals surface area contributed by atoms with E-state index < -0.39 is 10.2 Å². The van der Waals surface area contributed by atoms with Crippen LogP contribution in [-0.4, -0.2) is 52.5 Å². The zero-order valence-electron chi connectivity index (χ0n) is 22.6. The van der Waals surface area contributed by atoms with E-state index in [9.17, 15) is 17.6 Å². The number of hydrogen-bond acceptors (Lipinski definition) is 6. The molecule has 1 N–H and O–H groups in total. The molecular weight excluding hydrogens is 535 g/mol. The molecule has 0 saturated heterocycles. The summed E-state index contributed by atoms with van der Waals surface area (Å²) >= 11 is 0. The fraction of sp³-hybridized carbons (Fsp3) is 0.241. The minimum absolute atomic E-state index is 0.158. The van der Waals surface area contributed by atoms with Crippen LogP contribution in [0.2, 0.25) is 0 Å². The minimum atomic E-state index is -3.92. The predicted molar refractivity (Wildman–Crippen MR) is 150 cm³/mol. The van der Waals surface area contributed by atoms with E-state index in [2.05, 4.69) is 4.72 Å². The number of rotatable bonds is 9. The number of aromatic nitrogens is 1. The SMILES string of the molecule is CNS(=O)(=O)N(C)c1c2c(c(OCc3ccc(OC)cc3)c3ncc(Cc4ccc(F)cc4)cc13)C(=O)N(C)C2. The average Bonchev–Trinajstić information content (AvgIpc) is 3.25. The number of amides is 1. The van der Waals surface area contributed by atoms with Crippen molar-refractivity contribution in [1.82, 2.24) is 14.6 Å². The molecule has 0 spiro atoms. The molecule has 5 rings (SSSR count). The smallest absolute Gasteiger partial charge is 0.301 e. The van der Waals surface area contributed by atoms with Crippen LogP contribution >= 0.6 is 0 Å². The number of ether oxygens (including phenoxy) is 2. The highest BCUT2D eigenvalue weighted by molar-refractivity contribution is 7.90. The maximum absolute atomic E-state index is 13.5. The molecule has 0 bridgehead atoms. The van der Waals surface area contributed by atoms with Gasteiger partial charge in [0.15, 0.2) is 5.75 Å². The molecule has 0 fully saturated rings. The van der Waals surface area contributed by atoms with E-state index in [0.29, 0.717) is 40.1 Å². The first kappa shape index (κ1) is 27.4. The molecule has 9 nitrogen and oxygen atoms in total. The van der Waals surface area contributed by atoms with Crippen molar-refractivity contribution in [2.45, 2.75) is 19.6 Å². The molecule has 40 heavy (non-hydrogen) atoms. The van der Waals surface area contributed by atoms with Crippen molar-refractivity contribution >= 4 is 32.7 Å². The van der Waals surface area contributed by atoms with E-state index in [4.69, 9.17) is 14.5 Å². The Morgan fingerprint density at radius 3 is 2.40 bits per heavy atom. The van der Waals surface area contributed by atoms with Crippen molar-refractivity contribution in [3.8, 4) is 11.5 Å². The molecule has 0 aliphatic carbocycles. The first-order chi connectivity index (χ1) is 19.1. The van der Waals surface area contributed by atoms with Gasteiger partial charge in [-0.05, 0) is 53.4 Å². The molecule has 1 aliphatic rings. The zero-order chi connectivity index (χ0) is 28.6. The number of hydrogen-bond donors (Lipinski definition) is 1. The average molecular weight is 565 g/mol. The van der Waals surface area contributed by atoms with Crippen molar-refractivity contribution in [2.75, 3.05) is 32.6 Å². The van der Waals surface area contributed by atoms with E-state index in [1.807, 2.05) is 30.3 Å². The summed E-state index contributed by atoms with van der Waals surface area (Å²) in [6.07, 6.45) is 2.11. The highest BCUT2D eigenvalue weighted by atomic mass is 32.2. The van der Waals surface area contributed by atoms with Crippen LogP contribution in [0, 0.1) is 5.82 Å². The Morgan fingerprint density at radius 2 is 1.75 bits per heavy atom. The van der Waals surface area contributed by atoms with Crippen molar-refractivity contribution in [3.63, 3.8) is 0 Å². The maximum Gasteiger partial charge on any atom is 0.301 e. The van der Waals surface area contributed by atoms with Crippen LogP contribution in [0.5, 0.6) is 11.5 Å². The summed E-state index contributed by atoms with van der Waals surface area (Å²) in [5, 5.41) is 0.521. The van der Waals surface area contributed by atoms with Crippen LogP contribution in [0.25, 0.3) is 10.9 Å². The summed E-state index contributed by atoms with van der Waals surface area (Å²) in [5.74, 6) is 0.391. The molecule has 0 radical (unpaired) electrons. The number of nitrogens with zero attached hydrogens (tertiary/aromatic N) is 3. The summed E-state index contributed by atoms with van der Waals surface area (Å²) in [6, 6.07) is 15.4. The molecule has 1 amide bonds. The van der Waals surface area contributed by atoms with Gasteiger partial charge in [-0.15, -0.1) is 0 Å². The Labute approximate surface area is 232 Å². The van der Waals surface area contributed by atoms with E-state index in [0.717, 1.165) is 21.0 Å². The highest BCUT2D eigenvalue weighted by Gasteiger charge is 2.37. The second-order valence-electron chi connectivity index (χ2n) is 9.55. The molecular formula is C29H29FN4O5S. The molecule has 0 unspecified atom stereocenters. The molecule has 11 heteroatoms. The first-order valence-corrected chi connectivity index (χ1v) is 14.0. The van der Waals surface area contributed by atoms with Gasteiger partial charge in [0.25, 0.3) is 5.91 Å². The summed E-state index contributed by atoms with van der Waals surface area (Å²) in [5.41, 5.74) is 4.05. The summed E-state index contributed by atoms with van der Waals surface area (Å²) in [6.45, 7) is 0.357. The van der Waals surface area contributed by atoms with Crippen LogP contribution in [0.1, 0.15) is 32.6 Å². The molecule has 2 heterocycles. The lowest BCUT2D eigenvalue weighted by Gasteiger charge is -2.24. The Kier molecular flexibility index (Phi) is 7.35. The fourth-order valence-corrected chi connectivity index (χ4v) is 5.58. The van der Waals surface area contributed by atoms with Gasteiger partial charge in [-0.2, -0.15) is 8.42 Å². The number of halogens is 1. The lowest BCUT2D eigenvalue weighted by atomic mass is 9.98. The van der Waals surface area contributed by atoms with Gasteiger partial charge in [0, 0.05) is 44.8 Å². The van der Waals surface area contributed by atoms with Crippen molar-refractivity contribution in [1.29, 1.82) is 0 Å². The number of benzene rings is 3. The van der Waals surface area contributed by atoms with Crippen molar-refractivity contribution in [3.05, 3.63) is 94.4 Å². The fourth-order valence-electron chi connectivity index (χ4n) is 4.86. The normalized spacial score (nSPS) is 13.0. The van der Waals surface area contributed by atoms with Gasteiger partial charge < -0.3 is 14.4 Å². The van der Waals surface area contributed by atoms with E-state index in [1.54, 1.807) is 32.5 Å². The number of anilines is 1. The van der Waals surface area contributed by atoms with Gasteiger partial charge in [0.1, 0.15) is 23.7 Å². The summed E-state index contributed by atoms with van der Waals surface area (Å²) < 4.78 is 54.4. The Bertz CT molecular complexity index is 1690. The van der Waals surface area contributed by atoms with Crippen LogP contribution in [0.15, 0.2) is 60.8 Å². The number of pyridine rings is 1. The Balaban J connectivity index is 1.69. The first-order valence-electron chi connectivity index (χ1n) is 12.5.